The van der Waals surface area contributed by atoms with Gasteiger partial charge in [-0.1, -0.05) is 67.1 Å². The number of nitrogens with one attached hydrogen (secondary N) is 1. The predicted octanol–water partition coefficient (Wildman–Crippen LogP) is 3.69. The van der Waals surface area contributed by atoms with Crippen LogP contribution in [0.4, 0.5) is 0 Å². The van der Waals surface area contributed by atoms with E-state index in [1.54, 1.807) is 0 Å². The smallest absolute Gasteiger partial charge is 0.0576 e. The van der Waals surface area contributed by atoms with Crippen molar-refractivity contribution in [1.29, 1.82) is 0 Å². The van der Waals surface area contributed by atoms with E-state index in [2.05, 4.69) is 67.7 Å². The van der Waals surface area contributed by atoms with Gasteiger partial charge in [-0.25, -0.2) is 0 Å². The Morgan fingerprint density at radius 2 is 1.57 bits per heavy atom. The van der Waals surface area contributed by atoms with Gasteiger partial charge >= 0.3 is 0 Å². The first-order chi connectivity index (χ1) is 10.2. The normalized spacial score (nSPS) is 13.9. The number of hydrogen-bond acceptors (Lipinski definition) is 2. The van der Waals surface area contributed by atoms with E-state index in [0.717, 1.165) is 13.0 Å². The van der Waals surface area contributed by atoms with E-state index in [-0.39, 0.29) is 12.6 Å². The Hall–Kier alpha value is -1.64. The van der Waals surface area contributed by atoms with E-state index >= 15 is 0 Å². The molecule has 21 heavy (non-hydrogen) atoms. The molecule has 0 radical (unpaired) electrons. The fraction of sp³-hybridized carbons (Fsp3) is 0.368. The van der Waals surface area contributed by atoms with Gasteiger partial charge in [-0.15, -0.1) is 0 Å². The van der Waals surface area contributed by atoms with Crippen molar-refractivity contribution in [2.24, 2.45) is 5.92 Å². The lowest BCUT2D eigenvalue weighted by atomic mass is 9.97. The highest BCUT2D eigenvalue weighted by Crippen LogP contribution is 2.22. The maximum Gasteiger partial charge on any atom is 0.0576 e. The second-order valence-corrected chi connectivity index (χ2v) is 5.78. The molecule has 2 heteroatoms. The number of benzene rings is 2. The highest BCUT2D eigenvalue weighted by molar-refractivity contribution is 5.33. The van der Waals surface area contributed by atoms with E-state index < -0.39 is 0 Å². The zero-order valence-electron chi connectivity index (χ0n) is 12.9. The Bertz CT molecular complexity index is 521. The monoisotopic (exact) mass is 283 g/mol. The van der Waals surface area contributed by atoms with Crippen LogP contribution in [0.3, 0.4) is 0 Å². The van der Waals surface area contributed by atoms with Crippen LogP contribution in [0, 0.1) is 12.8 Å². The molecule has 0 saturated heterocycles. The van der Waals surface area contributed by atoms with Gasteiger partial charge in [-0.05, 0) is 36.9 Å². The van der Waals surface area contributed by atoms with Crippen LogP contribution in [-0.2, 0) is 0 Å². The number of aliphatic hydroxyl groups excluding tert-OH is 1. The summed E-state index contributed by atoms with van der Waals surface area (Å²) in [4.78, 5) is 0. The van der Waals surface area contributed by atoms with Crippen LogP contribution in [0.2, 0.25) is 0 Å². The summed E-state index contributed by atoms with van der Waals surface area (Å²) in [6, 6.07) is 19.4. The zero-order valence-corrected chi connectivity index (χ0v) is 12.9. The molecule has 2 N–H and O–H groups in total. The van der Waals surface area contributed by atoms with Crippen molar-refractivity contribution >= 4 is 0 Å². The third-order valence-corrected chi connectivity index (χ3v) is 3.84. The zero-order chi connectivity index (χ0) is 15.1. The molecule has 2 aromatic rings. The van der Waals surface area contributed by atoms with Crippen molar-refractivity contribution in [1.82, 2.24) is 5.32 Å². The predicted molar refractivity (Wildman–Crippen MR) is 88.3 cm³/mol. The molecule has 0 heterocycles. The molecule has 0 saturated carbocycles. The first-order valence-electron chi connectivity index (χ1n) is 7.66. The minimum atomic E-state index is 0.202. The van der Waals surface area contributed by atoms with Gasteiger partial charge in [0.2, 0.25) is 0 Å². The van der Waals surface area contributed by atoms with Crippen molar-refractivity contribution in [3.8, 4) is 0 Å². The fourth-order valence-corrected chi connectivity index (χ4v) is 2.47. The molecule has 2 nitrogen and oxygen atoms in total. The number of rotatable bonds is 7. The van der Waals surface area contributed by atoms with E-state index in [4.69, 9.17) is 5.11 Å². The minimum absolute atomic E-state index is 0.202. The highest BCUT2D eigenvalue weighted by atomic mass is 16.3. The molecule has 0 fully saturated rings. The van der Waals surface area contributed by atoms with Crippen molar-refractivity contribution in [3.63, 3.8) is 0 Å². The molecule has 0 amide bonds. The number of aliphatic hydroxyl groups is 1. The topological polar surface area (TPSA) is 32.3 Å². The van der Waals surface area contributed by atoms with Crippen LogP contribution < -0.4 is 5.32 Å². The maximum absolute atomic E-state index is 9.04. The molecule has 2 unspecified atom stereocenters. The second kappa shape index (κ2) is 7.96. The second-order valence-electron chi connectivity index (χ2n) is 5.78. The van der Waals surface area contributed by atoms with Crippen LogP contribution in [0.15, 0.2) is 54.6 Å². The lowest BCUT2D eigenvalue weighted by molar-refractivity contribution is 0.259. The van der Waals surface area contributed by atoms with Gasteiger partial charge in [0.05, 0.1) is 6.04 Å². The molecular weight excluding hydrogens is 258 g/mol. The molecule has 0 spiro atoms. The summed E-state index contributed by atoms with van der Waals surface area (Å²) in [5, 5.41) is 12.7. The molecule has 0 aliphatic carbocycles. The Balaban J connectivity index is 2.16. The highest BCUT2D eigenvalue weighted by Gasteiger charge is 2.14. The SMILES string of the molecule is Cc1ccc(C(NCC(C)CCO)c2ccccc2)cc1. The number of aryl methyl sites for hydroxylation is 1. The fourth-order valence-electron chi connectivity index (χ4n) is 2.47. The van der Waals surface area contributed by atoms with Gasteiger partial charge in [0, 0.05) is 6.61 Å². The Labute approximate surface area is 127 Å². The maximum atomic E-state index is 9.04. The molecule has 2 rings (SSSR count). The van der Waals surface area contributed by atoms with Gasteiger partial charge in [0.1, 0.15) is 0 Å². The molecule has 0 aliphatic rings. The molecule has 112 valence electrons. The Morgan fingerprint density at radius 3 is 2.19 bits per heavy atom. The lowest BCUT2D eigenvalue weighted by Crippen LogP contribution is -2.27. The van der Waals surface area contributed by atoms with Crippen LogP contribution >= 0.6 is 0 Å². The summed E-state index contributed by atoms with van der Waals surface area (Å²) in [5.74, 6) is 0.465. The summed E-state index contributed by atoms with van der Waals surface area (Å²) in [7, 11) is 0. The van der Waals surface area contributed by atoms with E-state index in [0.29, 0.717) is 5.92 Å². The van der Waals surface area contributed by atoms with Crippen LogP contribution in [-0.4, -0.2) is 18.3 Å². The summed E-state index contributed by atoms with van der Waals surface area (Å²) < 4.78 is 0. The van der Waals surface area contributed by atoms with Crippen molar-refractivity contribution in [3.05, 3.63) is 71.3 Å². The van der Waals surface area contributed by atoms with Gasteiger partial charge in [-0.3, -0.25) is 0 Å². The van der Waals surface area contributed by atoms with E-state index in [1.165, 1.54) is 16.7 Å². The average Bonchev–Trinajstić information content (AvgIpc) is 2.50. The lowest BCUT2D eigenvalue weighted by Gasteiger charge is -2.22. The summed E-state index contributed by atoms with van der Waals surface area (Å²) in [6.45, 7) is 5.43. The molecule has 2 atom stereocenters. The first kappa shape index (κ1) is 15.7. The van der Waals surface area contributed by atoms with Crippen LogP contribution in [0.5, 0.6) is 0 Å². The summed E-state index contributed by atoms with van der Waals surface area (Å²) in [5.41, 5.74) is 3.83. The van der Waals surface area contributed by atoms with E-state index in [9.17, 15) is 0 Å². The summed E-state index contributed by atoms with van der Waals surface area (Å²) in [6.07, 6.45) is 0.836. The van der Waals surface area contributed by atoms with Crippen LogP contribution in [0.25, 0.3) is 0 Å². The Morgan fingerprint density at radius 1 is 0.952 bits per heavy atom. The third-order valence-electron chi connectivity index (χ3n) is 3.84. The van der Waals surface area contributed by atoms with Crippen molar-refractivity contribution in [2.45, 2.75) is 26.3 Å². The van der Waals surface area contributed by atoms with E-state index in [1.807, 2.05) is 6.07 Å². The number of hydrogen-bond donors (Lipinski definition) is 2. The molecular formula is C19H25NO. The van der Waals surface area contributed by atoms with Gasteiger partial charge < -0.3 is 10.4 Å². The van der Waals surface area contributed by atoms with Gasteiger partial charge in [-0.2, -0.15) is 0 Å². The summed E-state index contributed by atoms with van der Waals surface area (Å²) >= 11 is 0. The molecule has 0 bridgehead atoms. The quantitative estimate of drug-likeness (QED) is 0.812. The standard InChI is InChI=1S/C19H25NO/c1-15-8-10-18(11-9-15)19(17-6-4-3-5-7-17)20-14-16(2)12-13-21/h3-11,16,19-21H,12-14H2,1-2H3. The average molecular weight is 283 g/mol. The first-order valence-corrected chi connectivity index (χ1v) is 7.66. The van der Waals surface area contributed by atoms with Crippen molar-refractivity contribution in [2.75, 3.05) is 13.2 Å². The third kappa shape index (κ3) is 4.69. The molecule has 2 aromatic carbocycles. The Kier molecular flexibility index (Phi) is 5.97. The van der Waals surface area contributed by atoms with Crippen LogP contribution in [0.1, 0.15) is 36.1 Å². The van der Waals surface area contributed by atoms with Gasteiger partial charge in [0.25, 0.3) is 0 Å². The van der Waals surface area contributed by atoms with Gasteiger partial charge in [0.15, 0.2) is 0 Å². The molecule has 0 aliphatic heterocycles. The largest absolute Gasteiger partial charge is 0.396 e. The van der Waals surface area contributed by atoms with Crippen molar-refractivity contribution < 1.29 is 5.11 Å². The minimum Gasteiger partial charge on any atom is -0.396 e. The molecule has 0 aromatic heterocycles.